The maximum absolute atomic E-state index is 13.1. The van der Waals surface area contributed by atoms with E-state index in [0.29, 0.717) is 18.0 Å². The number of allylic oxidation sites excluding steroid dienone is 4. The van der Waals surface area contributed by atoms with Crippen LogP contribution in [-0.4, -0.2) is 41.9 Å². The molecule has 1 amide bonds. The predicted molar refractivity (Wildman–Crippen MR) is 122 cm³/mol. The molecule has 0 spiro atoms. The Balaban J connectivity index is 1.16. The SMILES string of the molecule is Cc1nc(-c2cn[nH]c2C(=O)NC2CCn3nc(C4C=CC=CC4)nc3C2)sc1C1CC1. The number of fused-ring (bicyclic) bond motifs is 1. The number of amides is 1. The monoisotopic (exact) mass is 447 g/mol. The molecule has 3 aromatic rings. The van der Waals surface area contributed by atoms with Crippen LogP contribution in [-0.2, 0) is 13.0 Å². The van der Waals surface area contributed by atoms with Crippen molar-refractivity contribution in [2.75, 3.05) is 0 Å². The maximum atomic E-state index is 13.1. The average molecular weight is 448 g/mol. The van der Waals surface area contributed by atoms with Crippen LogP contribution in [0.1, 0.15) is 70.2 Å². The second-order valence-corrected chi connectivity index (χ2v) is 9.86. The van der Waals surface area contributed by atoms with Crippen molar-refractivity contribution in [1.29, 1.82) is 0 Å². The zero-order valence-electron chi connectivity index (χ0n) is 17.9. The molecular formula is C23H25N7OS. The van der Waals surface area contributed by atoms with Gasteiger partial charge in [-0.05, 0) is 38.5 Å². The largest absolute Gasteiger partial charge is 0.347 e. The van der Waals surface area contributed by atoms with E-state index in [1.807, 2.05) is 4.68 Å². The Morgan fingerprint density at radius 3 is 2.97 bits per heavy atom. The molecule has 0 saturated heterocycles. The third-order valence-electron chi connectivity index (χ3n) is 6.41. The summed E-state index contributed by atoms with van der Waals surface area (Å²) in [5.41, 5.74) is 2.33. The first-order chi connectivity index (χ1) is 15.7. The molecule has 1 saturated carbocycles. The Bertz CT molecular complexity index is 1230. The third-order valence-corrected chi connectivity index (χ3v) is 7.76. The highest BCUT2D eigenvalue weighted by molar-refractivity contribution is 7.15. The lowest BCUT2D eigenvalue weighted by Crippen LogP contribution is -2.40. The lowest BCUT2D eigenvalue weighted by molar-refractivity contribution is 0.0925. The topological polar surface area (TPSA) is 101 Å². The third kappa shape index (κ3) is 3.60. The molecule has 2 N–H and O–H groups in total. The number of hydrogen-bond acceptors (Lipinski definition) is 6. The number of carbonyl (C=O) groups is 1. The molecule has 0 aromatic carbocycles. The second kappa shape index (κ2) is 7.81. The number of aryl methyl sites for hydroxylation is 2. The molecule has 9 heteroatoms. The van der Waals surface area contributed by atoms with Crippen LogP contribution in [0.5, 0.6) is 0 Å². The number of hydrogen-bond donors (Lipinski definition) is 2. The fourth-order valence-corrected chi connectivity index (χ4v) is 5.75. The van der Waals surface area contributed by atoms with Crippen LogP contribution in [0.15, 0.2) is 30.5 Å². The maximum Gasteiger partial charge on any atom is 0.270 e. The molecule has 8 nitrogen and oxygen atoms in total. The van der Waals surface area contributed by atoms with E-state index in [4.69, 9.17) is 15.1 Å². The Labute approximate surface area is 189 Å². The number of aromatic amines is 1. The molecule has 1 aliphatic heterocycles. The summed E-state index contributed by atoms with van der Waals surface area (Å²) in [6, 6.07) is 0.0186. The summed E-state index contributed by atoms with van der Waals surface area (Å²) in [7, 11) is 0. The van der Waals surface area contributed by atoms with Crippen LogP contribution in [0.2, 0.25) is 0 Å². The van der Waals surface area contributed by atoms with E-state index < -0.39 is 0 Å². The van der Waals surface area contributed by atoms with Gasteiger partial charge in [-0.25, -0.2) is 14.6 Å². The Morgan fingerprint density at radius 2 is 2.16 bits per heavy atom. The summed E-state index contributed by atoms with van der Waals surface area (Å²) < 4.78 is 1.99. The van der Waals surface area contributed by atoms with Gasteiger partial charge in [-0.15, -0.1) is 11.3 Å². The number of carbonyl (C=O) groups excluding carboxylic acids is 1. The number of nitrogens with one attached hydrogen (secondary N) is 2. The lowest BCUT2D eigenvalue weighted by atomic mass is 10.0. The number of aromatic nitrogens is 6. The molecule has 1 fully saturated rings. The van der Waals surface area contributed by atoms with E-state index in [1.165, 1.54) is 17.7 Å². The average Bonchev–Trinajstić information content (AvgIpc) is 3.21. The van der Waals surface area contributed by atoms with Crippen molar-refractivity contribution >= 4 is 17.2 Å². The molecule has 2 aliphatic carbocycles. The van der Waals surface area contributed by atoms with Gasteiger partial charge in [0.25, 0.3) is 5.91 Å². The molecule has 0 bridgehead atoms. The molecule has 32 heavy (non-hydrogen) atoms. The van der Waals surface area contributed by atoms with Crippen LogP contribution in [0.25, 0.3) is 10.6 Å². The van der Waals surface area contributed by atoms with Crippen molar-refractivity contribution in [1.82, 2.24) is 35.3 Å². The van der Waals surface area contributed by atoms with Crippen molar-refractivity contribution < 1.29 is 4.79 Å². The molecule has 164 valence electrons. The predicted octanol–water partition coefficient (Wildman–Crippen LogP) is 3.66. The summed E-state index contributed by atoms with van der Waals surface area (Å²) in [4.78, 5) is 24.0. The highest BCUT2D eigenvalue weighted by atomic mass is 32.1. The van der Waals surface area contributed by atoms with E-state index in [0.717, 1.165) is 47.3 Å². The van der Waals surface area contributed by atoms with E-state index in [2.05, 4.69) is 46.7 Å². The van der Waals surface area contributed by atoms with Gasteiger partial charge >= 0.3 is 0 Å². The van der Waals surface area contributed by atoms with Gasteiger partial charge in [-0.1, -0.05) is 24.3 Å². The van der Waals surface area contributed by atoms with Crippen LogP contribution in [0, 0.1) is 6.92 Å². The molecular weight excluding hydrogens is 422 g/mol. The van der Waals surface area contributed by atoms with Crippen LogP contribution >= 0.6 is 11.3 Å². The molecule has 2 atom stereocenters. The summed E-state index contributed by atoms with van der Waals surface area (Å²) in [6.45, 7) is 2.81. The van der Waals surface area contributed by atoms with Gasteiger partial charge in [0.15, 0.2) is 5.82 Å². The Kier molecular flexibility index (Phi) is 4.78. The van der Waals surface area contributed by atoms with Crippen molar-refractivity contribution in [2.24, 2.45) is 0 Å². The standard InChI is InChI=1S/C23H25N7OS/c1-13-20(14-7-8-14)32-23(25-13)17-12-24-28-19(17)22(31)26-16-9-10-30-18(11-16)27-21(29-30)15-5-3-2-4-6-15/h2-5,12,14-16H,6-11H2,1H3,(H,24,28)(H,26,31). The fraction of sp³-hybridized carbons (Fsp3) is 0.435. The van der Waals surface area contributed by atoms with Gasteiger partial charge in [0.05, 0.1) is 17.5 Å². The smallest absolute Gasteiger partial charge is 0.270 e. The number of rotatable bonds is 5. The first kappa shape index (κ1) is 19.6. The number of thiazole rings is 1. The van der Waals surface area contributed by atoms with E-state index >= 15 is 0 Å². The Morgan fingerprint density at radius 1 is 1.25 bits per heavy atom. The van der Waals surface area contributed by atoms with E-state index in [1.54, 1.807) is 17.5 Å². The highest BCUT2D eigenvalue weighted by Gasteiger charge is 2.30. The van der Waals surface area contributed by atoms with Crippen molar-refractivity contribution in [3.05, 3.63) is 58.4 Å². The van der Waals surface area contributed by atoms with Crippen molar-refractivity contribution in [3.63, 3.8) is 0 Å². The van der Waals surface area contributed by atoms with Gasteiger partial charge in [0, 0.05) is 29.8 Å². The van der Waals surface area contributed by atoms with Gasteiger partial charge < -0.3 is 5.32 Å². The van der Waals surface area contributed by atoms with E-state index in [-0.39, 0.29) is 17.9 Å². The van der Waals surface area contributed by atoms with Gasteiger partial charge in [-0.2, -0.15) is 10.2 Å². The second-order valence-electron chi connectivity index (χ2n) is 8.83. The normalized spacial score (nSPS) is 22.2. The molecule has 0 radical (unpaired) electrons. The van der Waals surface area contributed by atoms with Crippen molar-refractivity contribution in [3.8, 4) is 10.6 Å². The Hall–Kier alpha value is -3.07. The zero-order valence-corrected chi connectivity index (χ0v) is 18.7. The fourth-order valence-electron chi connectivity index (χ4n) is 4.50. The summed E-state index contributed by atoms with van der Waals surface area (Å²) >= 11 is 1.69. The minimum atomic E-state index is -0.142. The van der Waals surface area contributed by atoms with Gasteiger partial charge in [0.1, 0.15) is 16.5 Å². The quantitative estimate of drug-likeness (QED) is 0.622. The zero-order chi connectivity index (χ0) is 21.7. The molecule has 2 unspecified atom stereocenters. The molecule has 3 aliphatic rings. The summed E-state index contributed by atoms with van der Waals surface area (Å²) in [5.74, 6) is 2.55. The van der Waals surface area contributed by atoms with Crippen molar-refractivity contribution in [2.45, 2.75) is 63.5 Å². The number of H-pyrrole nitrogens is 1. The minimum absolute atomic E-state index is 0.0186. The highest BCUT2D eigenvalue weighted by Crippen LogP contribution is 2.46. The molecule has 3 aromatic heterocycles. The van der Waals surface area contributed by atoms with Crippen LogP contribution < -0.4 is 5.32 Å². The van der Waals surface area contributed by atoms with Gasteiger partial charge in [-0.3, -0.25) is 9.89 Å². The van der Waals surface area contributed by atoms with Crippen LogP contribution in [0.3, 0.4) is 0 Å². The molecule has 4 heterocycles. The van der Waals surface area contributed by atoms with Gasteiger partial charge in [0.2, 0.25) is 0 Å². The summed E-state index contributed by atoms with van der Waals surface area (Å²) in [5, 5.41) is 15.8. The first-order valence-electron chi connectivity index (χ1n) is 11.2. The lowest BCUT2D eigenvalue weighted by Gasteiger charge is -2.23. The molecule has 6 rings (SSSR count). The van der Waals surface area contributed by atoms with E-state index in [9.17, 15) is 4.79 Å². The van der Waals surface area contributed by atoms with Crippen LogP contribution in [0.4, 0.5) is 0 Å². The first-order valence-corrected chi connectivity index (χ1v) is 12.1. The summed E-state index contributed by atoms with van der Waals surface area (Å²) in [6.07, 6.45) is 15.0. The minimum Gasteiger partial charge on any atom is -0.347 e. The number of nitrogens with zero attached hydrogens (tertiary/aromatic N) is 5.